The van der Waals surface area contributed by atoms with Crippen LogP contribution >= 0.6 is 0 Å². The molecule has 0 saturated carbocycles. The van der Waals surface area contributed by atoms with E-state index in [0.29, 0.717) is 12.8 Å². The summed E-state index contributed by atoms with van der Waals surface area (Å²) < 4.78 is 12.7. The Balaban J connectivity index is 2.06. The Morgan fingerprint density at radius 2 is 1.00 bits per heavy atom. The molecule has 0 aliphatic carbocycles. The zero-order valence-electron chi connectivity index (χ0n) is 22.8. The Morgan fingerprint density at radius 1 is 0.706 bits per heavy atom. The van der Waals surface area contributed by atoms with Gasteiger partial charge in [-0.05, 0) is 84.5 Å². The normalized spacial score (nSPS) is 13.1. The third kappa shape index (κ3) is 7.47. The largest absolute Gasteiger partial charge is 0.544 e. The van der Waals surface area contributed by atoms with Gasteiger partial charge in [-0.1, -0.05) is 65.8 Å². The molecule has 0 spiro atoms. The molecule has 34 heavy (non-hydrogen) atoms. The second kappa shape index (κ2) is 10.3. The van der Waals surface area contributed by atoms with E-state index in [4.69, 9.17) is 8.85 Å². The van der Waals surface area contributed by atoms with Crippen LogP contribution < -0.4 is 8.85 Å². The zero-order valence-corrected chi connectivity index (χ0v) is 24.8. The molecule has 0 radical (unpaired) electrons. The van der Waals surface area contributed by atoms with E-state index in [1.54, 1.807) is 0 Å². The van der Waals surface area contributed by atoms with Crippen LogP contribution in [0.4, 0.5) is 0 Å². The van der Waals surface area contributed by atoms with Gasteiger partial charge in [0.25, 0.3) is 0 Å². The van der Waals surface area contributed by atoms with Crippen LogP contribution in [0.2, 0.25) is 36.3 Å². The maximum Gasteiger partial charge on any atom is 0.307 e. The lowest BCUT2D eigenvalue weighted by Crippen LogP contribution is -2.43. The van der Waals surface area contributed by atoms with Crippen molar-refractivity contribution in [1.29, 1.82) is 0 Å². The maximum atomic E-state index is 12.0. The molecule has 0 atom stereocenters. The first-order valence-corrected chi connectivity index (χ1v) is 18.0. The minimum absolute atomic E-state index is 0.130. The lowest BCUT2D eigenvalue weighted by molar-refractivity contribution is -0.141. The molecule has 0 fully saturated rings. The van der Waals surface area contributed by atoms with Gasteiger partial charge in [0.05, 0.1) is 5.92 Å². The lowest BCUT2D eigenvalue weighted by Gasteiger charge is -2.36. The van der Waals surface area contributed by atoms with Crippen molar-refractivity contribution in [2.75, 3.05) is 0 Å². The van der Waals surface area contributed by atoms with Crippen LogP contribution in [0.5, 0.6) is 11.5 Å². The van der Waals surface area contributed by atoms with Crippen molar-refractivity contribution in [2.45, 2.75) is 90.6 Å². The van der Waals surface area contributed by atoms with Gasteiger partial charge in [0, 0.05) is 0 Å². The molecular weight excluding hydrogens is 456 g/mol. The third-order valence-electron chi connectivity index (χ3n) is 7.52. The van der Waals surface area contributed by atoms with Crippen molar-refractivity contribution >= 4 is 22.6 Å². The molecule has 0 amide bonds. The molecule has 2 aromatic carbocycles. The minimum Gasteiger partial charge on any atom is -0.544 e. The van der Waals surface area contributed by atoms with E-state index in [1.807, 2.05) is 48.5 Å². The standard InChI is InChI=1S/C28H44O4Si2/c1-27(2,3)33(7,8)31-24-15-11-21(12-16-24)19-23(26(29)30)20-22-13-17-25(18-14-22)32-34(9,10)28(4,5)6/h11-18,23H,19-20H2,1-10H3,(H,29,30). The maximum absolute atomic E-state index is 12.0. The molecule has 0 aliphatic heterocycles. The summed E-state index contributed by atoms with van der Waals surface area (Å²) in [5, 5.41) is 10.1. The summed E-state index contributed by atoms with van der Waals surface area (Å²) >= 11 is 0. The summed E-state index contributed by atoms with van der Waals surface area (Å²) in [4.78, 5) is 12.0. The van der Waals surface area contributed by atoms with Gasteiger partial charge in [-0.2, -0.15) is 0 Å². The highest BCUT2D eigenvalue weighted by Crippen LogP contribution is 2.38. The molecule has 188 valence electrons. The fourth-order valence-electron chi connectivity index (χ4n) is 3.10. The average Bonchev–Trinajstić information content (AvgIpc) is 2.68. The van der Waals surface area contributed by atoms with Crippen molar-refractivity contribution in [2.24, 2.45) is 5.92 Å². The molecule has 4 nitrogen and oxygen atoms in total. The van der Waals surface area contributed by atoms with Gasteiger partial charge in [-0.3, -0.25) is 4.79 Å². The van der Waals surface area contributed by atoms with Crippen LogP contribution in [0.15, 0.2) is 48.5 Å². The van der Waals surface area contributed by atoms with Crippen molar-refractivity contribution in [3.8, 4) is 11.5 Å². The molecule has 0 heterocycles. The molecule has 6 heteroatoms. The molecule has 0 saturated heterocycles. The first kappa shape index (κ1) is 28.2. The predicted molar refractivity (Wildman–Crippen MR) is 147 cm³/mol. The Morgan fingerprint density at radius 3 is 1.24 bits per heavy atom. The van der Waals surface area contributed by atoms with E-state index in [-0.39, 0.29) is 10.1 Å². The molecule has 1 N–H and O–H groups in total. The second-order valence-electron chi connectivity index (χ2n) is 12.5. The van der Waals surface area contributed by atoms with Gasteiger partial charge in [-0.25, -0.2) is 0 Å². The lowest BCUT2D eigenvalue weighted by atomic mass is 9.92. The van der Waals surface area contributed by atoms with E-state index < -0.39 is 28.5 Å². The number of carboxylic acid groups (broad SMARTS) is 1. The van der Waals surface area contributed by atoms with Crippen molar-refractivity contribution in [3.63, 3.8) is 0 Å². The topological polar surface area (TPSA) is 55.8 Å². The monoisotopic (exact) mass is 500 g/mol. The van der Waals surface area contributed by atoms with Crippen LogP contribution in [0.25, 0.3) is 0 Å². The summed E-state index contributed by atoms with van der Waals surface area (Å²) in [5.41, 5.74) is 2.01. The number of hydrogen-bond donors (Lipinski definition) is 1. The van der Waals surface area contributed by atoms with E-state index >= 15 is 0 Å². The summed E-state index contributed by atoms with van der Waals surface area (Å²) in [7, 11) is -3.79. The summed E-state index contributed by atoms with van der Waals surface area (Å²) in [5.74, 6) is 0.460. The van der Waals surface area contributed by atoms with Gasteiger partial charge in [0.1, 0.15) is 11.5 Å². The minimum atomic E-state index is -1.90. The molecule has 0 aliphatic rings. The average molecular weight is 501 g/mol. The SMILES string of the molecule is CC(C)(C)[Si](C)(C)Oc1ccc(CC(Cc2ccc(O[Si](C)(C)C(C)(C)C)cc2)C(=O)O)cc1. The van der Waals surface area contributed by atoms with Crippen molar-refractivity contribution in [3.05, 3.63) is 59.7 Å². The number of carboxylic acids is 1. The number of benzene rings is 2. The Hall–Kier alpha value is -2.06. The van der Waals surface area contributed by atoms with Crippen molar-refractivity contribution in [1.82, 2.24) is 0 Å². The molecule has 0 unspecified atom stereocenters. The van der Waals surface area contributed by atoms with E-state index in [0.717, 1.165) is 22.6 Å². The van der Waals surface area contributed by atoms with Gasteiger partial charge >= 0.3 is 5.97 Å². The van der Waals surface area contributed by atoms with Crippen LogP contribution in [-0.4, -0.2) is 27.7 Å². The first-order valence-electron chi connectivity index (χ1n) is 12.2. The van der Waals surface area contributed by atoms with Gasteiger partial charge in [-0.15, -0.1) is 0 Å². The zero-order chi connectivity index (χ0) is 25.9. The number of hydrogen-bond acceptors (Lipinski definition) is 3. The highest BCUT2D eigenvalue weighted by Gasteiger charge is 2.39. The van der Waals surface area contributed by atoms with E-state index in [9.17, 15) is 9.90 Å². The first-order chi connectivity index (χ1) is 15.4. The third-order valence-corrected chi connectivity index (χ3v) is 16.2. The Bertz CT molecular complexity index is 876. The van der Waals surface area contributed by atoms with Crippen LogP contribution in [0.3, 0.4) is 0 Å². The fraction of sp³-hybridized carbons (Fsp3) is 0.536. The number of rotatable bonds is 9. The van der Waals surface area contributed by atoms with Gasteiger partial charge < -0.3 is 14.0 Å². The summed E-state index contributed by atoms with van der Waals surface area (Å²) in [6.45, 7) is 22.2. The van der Waals surface area contributed by atoms with Crippen LogP contribution in [0, 0.1) is 5.92 Å². The molecule has 2 aromatic rings. The highest BCUT2D eigenvalue weighted by atomic mass is 28.4. The molecule has 0 aromatic heterocycles. The van der Waals surface area contributed by atoms with Gasteiger partial charge in [0.2, 0.25) is 16.6 Å². The smallest absolute Gasteiger partial charge is 0.307 e. The summed E-state index contributed by atoms with van der Waals surface area (Å²) in [6, 6.07) is 15.9. The number of aliphatic carboxylic acids is 1. The fourth-order valence-corrected chi connectivity index (χ4v) is 5.16. The quantitative estimate of drug-likeness (QED) is 0.355. The molecular formula is C28H44O4Si2. The van der Waals surface area contributed by atoms with E-state index in [2.05, 4.69) is 67.7 Å². The van der Waals surface area contributed by atoms with Crippen molar-refractivity contribution < 1.29 is 18.8 Å². The molecule has 0 bridgehead atoms. The van der Waals surface area contributed by atoms with Crippen LogP contribution in [-0.2, 0) is 17.6 Å². The predicted octanol–water partition coefficient (Wildman–Crippen LogP) is 7.94. The Kier molecular flexibility index (Phi) is 8.52. The van der Waals surface area contributed by atoms with E-state index in [1.165, 1.54) is 0 Å². The summed E-state index contributed by atoms with van der Waals surface area (Å²) in [6.07, 6.45) is 0.968. The van der Waals surface area contributed by atoms with Gasteiger partial charge in [0.15, 0.2) is 0 Å². The number of carbonyl (C=O) groups is 1. The van der Waals surface area contributed by atoms with Crippen LogP contribution in [0.1, 0.15) is 52.7 Å². The second-order valence-corrected chi connectivity index (χ2v) is 21.9. The highest BCUT2D eigenvalue weighted by molar-refractivity contribution is 6.75. The molecule has 2 rings (SSSR count). The Labute approximate surface area is 209 Å².